The number of benzene rings is 1. The van der Waals surface area contributed by atoms with Gasteiger partial charge in [0.1, 0.15) is 5.82 Å². The molecule has 1 aliphatic rings. The predicted molar refractivity (Wildman–Crippen MR) is 51.2 cm³/mol. The highest BCUT2D eigenvalue weighted by Gasteiger charge is 2.38. The minimum absolute atomic E-state index is 0.0621. The number of nitrogens with one attached hydrogen (secondary N) is 1. The van der Waals surface area contributed by atoms with Crippen molar-refractivity contribution in [3.05, 3.63) is 35.6 Å². The molecule has 1 N–H and O–H groups in total. The van der Waals surface area contributed by atoms with Gasteiger partial charge in [-0.3, -0.25) is 0 Å². The summed E-state index contributed by atoms with van der Waals surface area (Å²) in [7, 11) is 0. The Labute approximate surface area is 78.0 Å². The van der Waals surface area contributed by atoms with E-state index in [-0.39, 0.29) is 5.82 Å². The molecule has 1 nitrogen and oxygen atoms in total. The molecular weight excluding hydrogens is 165 g/mol. The lowest BCUT2D eigenvalue weighted by molar-refractivity contribution is 0.604. The van der Waals surface area contributed by atoms with E-state index in [0.717, 1.165) is 18.5 Å². The molecule has 0 aromatic heterocycles. The monoisotopic (exact) mass is 179 g/mol. The first-order valence-electron chi connectivity index (χ1n) is 4.80. The Morgan fingerprint density at radius 1 is 1.46 bits per heavy atom. The van der Waals surface area contributed by atoms with Crippen molar-refractivity contribution in [1.29, 1.82) is 0 Å². The first-order valence-corrected chi connectivity index (χ1v) is 4.80. The van der Waals surface area contributed by atoms with E-state index in [1.807, 2.05) is 12.1 Å². The Hall–Kier alpha value is -0.890. The molecule has 0 heterocycles. The van der Waals surface area contributed by atoms with Gasteiger partial charge in [0.15, 0.2) is 0 Å². The Morgan fingerprint density at radius 3 is 2.92 bits per heavy atom. The largest absolute Gasteiger partial charge is 0.314 e. The van der Waals surface area contributed by atoms with Gasteiger partial charge < -0.3 is 5.32 Å². The maximum atomic E-state index is 13.3. The van der Waals surface area contributed by atoms with Gasteiger partial charge >= 0.3 is 0 Å². The van der Waals surface area contributed by atoms with E-state index in [2.05, 4.69) is 12.2 Å². The molecule has 1 saturated carbocycles. The van der Waals surface area contributed by atoms with Crippen LogP contribution in [0.25, 0.3) is 0 Å². The van der Waals surface area contributed by atoms with Gasteiger partial charge in [-0.05, 0) is 24.6 Å². The number of hydrogen-bond acceptors (Lipinski definition) is 1. The van der Waals surface area contributed by atoms with Crippen LogP contribution in [0.5, 0.6) is 0 Å². The zero-order valence-electron chi connectivity index (χ0n) is 7.76. The molecule has 0 bridgehead atoms. The highest BCUT2D eigenvalue weighted by Crippen LogP contribution is 2.41. The molecule has 1 aliphatic carbocycles. The van der Waals surface area contributed by atoms with Gasteiger partial charge in [0.05, 0.1) is 0 Å². The number of rotatable bonds is 3. The molecule has 13 heavy (non-hydrogen) atoms. The third kappa shape index (κ3) is 1.73. The van der Waals surface area contributed by atoms with Crippen LogP contribution >= 0.6 is 0 Å². The summed E-state index contributed by atoms with van der Waals surface area (Å²) < 4.78 is 13.3. The van der Waals surface area contributed by atoms with Crippen molar-refractivity contribution in [3.8, 4) is 0 Å². The summed E-state index contributed by atoms with van der Waals surface area (Å²) in [6.45, 7) is 3.05. The second kappa shape index (κ2) is 3.46. The van der Waals surface area contributed by atoms with Gasteiger partial charge in [0, 0.05) is 12.0 Å². The quantitative estimate of drug-likeness (QED) is 0.750. The topological polar surface area (TPSA) is 12.0 Å². The van der Waals surface area contributed by atoms with Crippen LogP contribution in [0.3, 0.4) is 0 Å². The van der Waals surface area contributed by atoms with E-state index in [1.165, 1.54) is 6.07 Å². The Balaban J connectivity index is 2.07. The number of halogens is 1. The lowest BCUT2D eigenvalue weighted by atomic mass is 10.1. The van der Waals surface area contributed by atoms with Gasteiger partial charge in [-0.25, -0.2) is 4.39 Å². The summed E-state index contributed by atoms with van der Waals surface area (Å²) in [5, 5.41) is 3.33. The van der Waals surface area contributed by atoms with E-state index in [4.69, 9.17) is 0 Å². The van der Waals surface area contributed by atoms with Crippen molar-refractivity contribution >= 4 is 0 Å². The normalized spacial score (nSPS) is 26.0. The van der Waals surface area contributed by atoms with E-state index < -0.39 is 0 Å². The molecular formula is C11H14FN. The number of likely N-dealkylation sites (N-methyl/N-ethyl adjacent to an activating group) is 1. The highest BCUT2D eigenvalue weighted by molar-refractivity contribution is 5.29. The average Bonchev–Trinajstić information content (AvgIpc) is 2.86. The first kappa shape index (κ1) is 8.70. The smallest absolute Gasteiger partial charge is 0.126 e. The third-order valence-corrected chi connectivity index (χ3v) is 2.56. The van der Waals surface area contributed by atoms with Gasteiger partial charge in [-0.1, -0.05) is 25.1 Å². The van der Waals surface area contributed by atoms with Crippen molar-refractivity contribution in [3.63, 3.8) is 0 Å². The van der Waals surface area contributed by atoms with Gasteiger partial charge in [0.2, 0.25) is 0 Å². The highest BCUT2D eigenvalue weighted by atomic mass is 19.1. The SMILES string of the molecule is CCNC1CC1c1ccccc1F. The van der Waals surface area contributed by atoms with Crippen LogP contribution in [0.4, 0.5) is 4.39 Å². The van der Waals surface area contributed by atoms with Gasteiger partial charge in [-0.2, -0.15) is 0 Å². The van der Waals surface area contributed by atoms with E-state index >= 15 is 0 Å². The van der Waals surface area contributed by atoms with E-state index in [1.54, 1.807) is 6.07 Å². The van der Waals surface area contributed by atoms with Crippen molar-refractivity contribution in [2.24, 2.45) is 0 Å². The van der Waals surface area contributed by atoms with Crippen molar-refractivity contribution in [1.82, 2.24) is 5.32 Å². The molecule has 1 aromatic carbocycles. The van der Waals surface area contributed by atoms with Crippen LogP contribution in [0, 0.1) is 5.82 Å². The fraction of sp³-hybridized carbons (Fsp3) is 0.455. The molecule has 0 spiro atoms. The molecule has 70 valence electrons. The Bertz CT molecular complexity index is 298. The van der Waals surface area contributed by atoms with Crippen molar-refractivity contribution in [2.75, 3.05) is 6.54 Å². The van der Waals surface area contributed by atoms with Crippen LogP contribution in [0.15, 0.2) is 24.3 Å². The summed E-state index contributed by atoms with van der Waals surface area (Å²) in [4.78, 5) is 0. The summed E-state index contributed by atoms with van der Waals surface area (Å²) in [5.74, 6) is 0.342. The summed E-state index contributed by atoms with van der Waals surface area (Å²) >= 11 is 0. The molecule has 2 heteroatoms. The maximum Gasteiger partial charge on any atom is 0.126 e. The standard InChI is InChI=1S/C11H14FN/c1-2-13-11-7-9(11)8-5-3-4-6-10(8)12/h3-6,9,11,13H,2,7H2,1H3. The van der Waals surface area contributed by atoms with Crippen LogP contribution in [0.1, 0.15) is 24.8 Å². The molecule has 2 unspecified atom stereocenters. The molecule has 1 aromatic rings. The summed E-state index contributed by atoms with van der Waals surface area (Å²) in [6.07, 6.45) is 1.08. The van der Waals surface area contributed by atoms with Gasteiger partial charge in [-0.15, -0.1) is 0 Å². The fourth-order valence-corrected chi connectivity index (χ4v) is 1.80. The van der Waals surface area contributed by atoms with Gasteiger partial charge in [0.25, 0.3) is 0 Å². The van der Waals surface area contributed by atoms with Crippen molar-refractivity contribution in [2.45, 2.75) is 25.3 Å². The van der Waals surface area contributed by atoms with E-state index in [0.29, 0.717) is 12.0 Å². The fourth-order valence-electron chi connectivity index (χ4n) is 1.80. The zero-order valence-corrected chi connectivity index (χ0v) is 7.76. The minimum atomic E-state index is -0.0621. The lowest BCUT2D eigenvalue weighted by Crippen LogP contribution is -2.16. The summed E-state index contributed by atoms with van der Waals surface area (Å²) in [6, 6.07) is 7.57. The van der Waals surface area contributed by atoms with Crippen molar-refractivity contribution < 1.29 is 4.39 Å². The molecule has 0 radical (unpaired) electrons. The van der Waals surface area contributed by atoms with E-state index in [9.17, 15) is 4.39 Å². The second-order valence-corrected chi connectivity index (χ2v) is 3.53. The van der Waals surface area contributed by atoms with Crippen LogP contribution < -0.4 is 5.32 Å². The molecule has 0 aliphatic heterocycles. The van der Waals surface area contributed by atoms with Crippen LogP contribution in [-0.4, -0.2) is 12.6 Å². The van der Waals surface area contributed by atoms with Crippen LogP contribution in [0.2, 0.25) is 0 Å². The maximum absolute atomic E-state index is 13.3. The summed E-state index contributed by atoms with van der Waals surface area (Å²) in [5.41, 5.74) is 0.869. The third-order valence-electron chi connectivity index (χ3n) is 2.56. The van der Waals surface area contributed by atoms with Crippen LogP contribution in [-0.2, 0) is 0 Å². The predicted octanol–water partition coefficient (Wildman–Crippen LogP) is 2.29. The Kier molecular flexibility index (Phi) is 2.32. The zero-order chi connectivity index (χ0) is 9.26. The molecule has 2 rings (SSSR count). The molecule has 0 amide bonds. The molecule has 2 atom stereocenters. The second-order valence-electron chi connectivity index (χ2n) is 3.53. The Morgan fingerprint density at radius 2 is 2.23 bits per heavy atom. The first-order chi connectivity index (χ1) is 6.33. The molecule has 0 saturated heterocycles. The molecule has 1 fully saturated rings. The lowest BCUT2D eigenvalue weighted by Gasteiger charge is -2.01. The average molecular weight is 179 g/mol. The minimum Gasteiger partial charge on any atom is -0.314 e. The number of hydrogen-bond donors (Lipinski definition) is 1.